The van der Waals surface area contributed by atoms with Crippen molar-refractivity contribution < 1.29 is 4.42 Å². The Bertz CT molecular complexity index is 3090. The van der Waals surface area contributed by atoms with Gasteiger partial charge in [0, 0.05) is 33.4 Å². The van der Waals surface area contributed by atoms with E-state index in [1.807, 2.05) is 0 Å². The molecule has 0 bridgehead atoms. The number of rotatable bonds is 2. The number of fused-ring (bicyclic) bond motifs is 10. The predicted octanol–water partition coefficient (Wildman–Crippen LogP) is 13.8. The van der Waals surface area contributed by atoms with Crippen LogP contribution in [0.1, 0.15) is 134 Å². The number of furan rings is 1. The average Bonchev–Trinajstić information content (AvgIpc) is 3.62. The van der Waals surface area contributed by atoms with E-state index in [2.05, 4.69) is 195 Å². The molecule has 3 aliphatic heterocycles. The predicted molar refractivity (Wildman–Crippen MR) is 263 cm³/mol. The Morgan fingerprint density at radius 3 is 1.90 bits per heavy atom. The second-order valence-electron chi connectivity index (χ2n) is 22.8. The van der Waals surface area contributed by atoms with E-state index in [1.54, 1.807) is 5.56 Å². The molecular weight excluding hydrogens is 751 g/mol. The quantitative estimate of drug-likeness (QED) is 0.162. The molecule has 4 heteroatoms. The number of para-hydroxylation sites is 1. The molecule has 0 fully saturated rings. The van der Waals surface area contributed by atoms with Gasteiger partial charge in [-0.1, -0.05) is 136 Å². The largest absolute Gasteiger partial charge is 0.468 e. The molecule has 3 nitrogen and oxygen atoms in total. The highest BCUT2D eigenvalue weighted by Gasteiger charge is 2.55. The maximum Gasteiger partial charge on any atom is 0.297 e. The molecule has 1 atom stereocenters. The first-order valence-electron chi connectivity index (χ1n) is 23.2. The van der Waals surface area contributed by atoms with E-state index in [4.69, 9.17) is 4.42 Å². The zero-order valence-corrected chi connectivity index (χ0v) is 38.6. The topological polar surface area (TPSA) is 19.6 Å². The molecule has 0 N–H and O–H groups in total. The average molecular weight is 811 g/mol. The van der Waals surface area contributed by atoms with Crippen LogP contribution in [0.3, 0.4) is 0 Å². The molecule has 4 heterocycles. The second kappa shape index (κ2) is 12.2. The van der Waals surface area contributed by atoms with E-state index in [-0.39, 0.29) is 33.8 Å². The Labute approximate surface area is 369 Å². The van der Waals surface area contributed by atoms with Crippen molar-refractivity contribution >= 4 is 68.4 Å². The van der Waals surface area contributed by atoms with Gasteiger partial charge in [0.25, 0.3) is 6.71 Å². The first-order chi connectivity index (χ1) is 29.4. The van der Waals surface area contributed by atoms with Crippen LogP contribution in [0.4, 0.5) is 34.1 Å². The van der Waals surface area contributed by atoms with Gasteiger partial charge in [0.1, 0.15) is 5.58 Å². The third-order valence-corrected chi connectivity index (χ3v) is 16.4. The first-order valence-corrected chi connectivity index (χ1v) is 23.2. The number of anilines is 6. The van der Waals surface area contributed by atoms with Gasteiger partial charge in [0.05, 0.1) is 22.7 Å². The zero-order valence-electron chi connectivity index (χ0n) is 38.6. The number of hydrogen-bond donors (Lipinski definition) is 0. The molecule has 0 radical (unpaired) electrons. The molecule has 62 heavy (non-hydrogen) atoms. The van der Waals surface area contributed by atoms with Crippen molar-refractivity contribution in [1.29, 1.82) is 0 Å². The summed E-state index contributed by atoms with van der Waals surface area (Å²) in [6, 6.07) is 42.3. The van der Waals surface area contributed by atoms with Crippen molar-refractivity contribution in [3.8, 4) is 11.1 Å². The monoisotopic (exact) mass is 810 g/mol. The Kier molecular flexibility index (Phi) is 7.49. The second-order valence-corrected chi connectivity index (χ2v) is 22.8. The normalized spacial score (nSPS) is 20.6. The Morgan fingerprint density at radius 2 is 1.19 bits per heavy atom. The zero-order chi connectivity index (χ0) is 43.0. The first kappa shape index (κ1) is 38.2. The summed E-state index contributed by atoms with van der Waals surface area (Å²) in [6.45, 7) is 26.7. The van der Waals surface area contributed by atoms with Crippen LogP contribution >= 0.6 is 0 Å². The van der Waals surface area contributed by atoms with Crippen LogP contribution in [0.2, 0.25) is 0 Å². The summed E-state index contributed by atoms with van der Waals surface area (Å²) in [6.07, 6.45) is 4.67. The maximum atomic E-state index is 7.33. The molecule has 7 aromatic rings. The Balaban J connectivity index is 1.22. The Morgan fingerprint density at radius 1 is 0.565 bits per heavy atom. The fourth-order valence-electron chi connectivity index (χ4n) is 12.6. The molecule has 5 aliphatic rings. The SMILES string of the molecule is Cc1cc2c3c(c1)N(c1ccc(C(C)(C)C)cc1-c1ccccc1)c1c(oc4ccccc14)B3c1ccc3c4c1N2c1cc2c(cc1C4(C)CCC3(C)C)C(C)(C)CCC2(C)C. The molecule has 0 saturated carbocycles. The number of nitrogens with zero attached hydrogens (tertiary/aromatic N) is 2. The lowest BCUT2D eigenvalue weighted by molar-refractivity contribution is 0.327. The molecule has 0 saturated heterocycles. The number of hydrogen-bond acceptors (Lipinski definition) is 3. The number of aryl methyl sites for hydroxylation is 1. The van der Waals surface area contributed by atoms with Gasteiger partial charge in [-0.3, -0.25) is 0 Å². The van der Waals surface area contributed by atoms with Crippen LogP contribution in [-0.4, -0.2) is 6.71 Å². The lowest BCUT2D eigenvalue weighted by atomic mass is 9.34. The molecule has 0 spiro atoms. The van der Waals surface area contributed by atoms with Crippen molar-refractivity contribution in [1.82, 2.24) is 0 Å². The van der Waals surface area contributed by atoms with Gasteiger partial charge in [-0.05, 0) is 152 Å². The van der Waals surface area contributed by atoms with Crippen molar-refractivity contribution in [3.05, 3.63) is 148 Å². The van der Waals surface area contributed by atoms with Crippen molar-refractivity contribution in [2.75, 3.05) is 9.80 Å². The van der Waals surface area contributed by atoms with E-state index in [9.17, 15) is 0 Å². The lowest BCUT2D eigenvalue weighted by Gasteiger charge is -2.55. The van der Waals surface area contributed by atoms with E-state index in [1.165, 1.54) is 96.7 Å². The highest BCUT2D eigenvalue weighted by molar-refractivity contribution is 7.00. The third kappa shape index (κ3) is 4.96. The standard InChI is InChI=1S/C58H59BN2O/c1-34-29-46-50-47(30-34)61-45-33-41-40(56(7,8)25-26-57(41,9)10)32-42(45)58(11)28-27-55(5,6)39-22-23-43(52(61)49(39)58)59(50)53-51(37-19-15-16-20-48(37)62-53)60(46)44-24-21-36(54(2,3)4)31-38(44)35-17-13-12-14-18-35/h12-24,29-33H,25-28H2,1-11H3. The van der Waals surface area contributed by atoms with Gasteiger partial charge >= 0.3 is 0 Å². The molecule has 310 valence electrons. The highest BCUT2D eigenvalue weighted by Crippen LogP contribution is 2.63. The summed E-state index contributed by atoms with van der Waals surface area (Å²) < 4.78 is 7.33. The number of benzene rings is 6. The van der Waals surface area contributed by atoms with Crippen LogP contribution in [-0.2, 0) is 27.1 Å². The molecule has 6 aromatic carbocycles. The summed E-state index contributed by atoms with van der Waals surface area (Å²) in [7, 11) is 0. The van der Waals surface area contributed by atoms with Crippen LogP contribution in [0, 0.1) is 6.92 Å². The van der Waals surface area contributed by atoms with E-state index < -0.39 is 0 Å². The molecule has 1 aromatic heterocycles. The van der Waals surface area contributed by atoms with Gasteiger partial charge in [0.2, 0.25) is 0 Å². The van der Waals surface area contributed by atoms with Gasteiger partial charge in [-0.2, -0.15) is 0 Å². The van der Waals surface area contributed by atoms with E-state index in [0.717, 1.165) is 35.2 Å². The van der Waals surface area contributed by atoms with E-state index in [0.29, 0.717) is 0 Å². The van der Waals surface area contributed by atoms with Crippen molar-refractivity contribution in [2.24, 2.45) is 0 Å². The van der Waals surface area contributed by atoms with Gasteiger partial charge in [-0.15, -0.1) is 0 Å². The van der Waals surface area contributed by atoms with Crippen LogP contribution < -0.4 is 26.4 Å². The molecule has 2 aliphatic carbocycles. The van der Waals surface area contributed by atoms with Crippen LogP contribution in [0.25, 0.3) is 22.1 Å². The summed E-state index contributed by atoms with van der Waals surface area (Å²) in [5, 5.41) is 1.15. The minimum atomic E-state index is -0.129. The van der Waals surface area contributed by atoms with Gasteiger partial charge in [0.15, 0.2) is 0 Å². The molecular formula is C58H59BN2O. The van der Waals surface area contributed by atoms with Gasteiger partial charge in [-0.25, -0.2) is 0 Å². The van der Waals surface area contributed by atoms with Crippen LogP contribution in [0.5, 0.6) is 0 Å². The van der Waals surface area contributed by atoms with E-state index >= 15 is 0 Å². The third-order valence-electron chi connectivity index (χ3n) is 16.4. The highest BCUT2D eigenvalue weighted by atomic mass is 16.3. The minimum Gasteiger partial charge on any atom is -0.468 e. The maximum absolute atomic E-state index is 7.33. The van der Waals surface area contributed by atoms with Gasteiger partial charge < -0.3 is 14.2 Å². The van der Waals surface area contributed by atoms with Crippen LogP contribution in [0.15, 0.2) is 114 Å². The van der Waals surface area contributed by atoms with Crippen molar-refractivity contribution in [3.63, 3.8) is 0 Å². The fraction of sp³-hybridized carbons (Fsp3) is 0.345. The summed E-state index contributed by atoms with van der Waals surface area (Å²) >= 11 is 0. The molecule has 1 unspecified atom stereocenters. The smallest absolute Gasteiger partial charge is 0.297 e. The summed E-state index contributed by atoms with van der Waals surface area (Å²) in [5.41, 5.74) is 25.0. The molecule has 12 rings (SSSR count). The Hall–Kier alpha value is -5.48. The minimum absolute atomic E-state index is 0.0123. The summed E-state index contributed by atoms with van der Waals surface area (Å²) in [5.74, 6) is 0. The summed E-state index contributed by atoms with van der Waals surface area (Å²) in [4.78, 5) is 5.33. The fourth-order valence-corrected chi connectivity index (χ4v) is 12.6. The molecule has 0 amide bonds. The van der Waals surface area contributed by atoms with Crippen molar-refractivity contribution in [2.45, 2.75) is 129 Å². The lowest BCUT2D eigenvalue weighted by Crippen LogP contribution is -2.62.